The highest BCUT2D eigenvalue weighted by atomic mass is 35.5. The minimum atomic E-state index is -2.75. The first-order valence-corrected chi connectivity index (χ1v) is 6.70. The summed E-state index contributed by atoms with van der Waals surface area (Å²) in [5.74, 6) is 1.07. The van der Waals surface area contributed by atoms with Gasteiger partial charge in [-0.2, -0.15) is 0 Å². The summed E-state index contributed by atoms with van der Waals surface area (Å²) in [6, 6.07) is 3.45. The normalized spacial score (nSPS) is 16.1. The molecule has 0 amide bonds. The number of hydrogen-bond donors (Lipinski definition) is 2. The zero-order chi connectivity index (χ0) is 14.5. The van der Waals surface area contributed by atoms with Crippen molar-refractivity contribution in [3.63, 3.8) is 0 Å². The van der Waals surface area contributed by atoms with Crippen LogP contribution in [0.2, 0.25) is 5.02 Å². The van der Waals surface area contributed by atoms with Gasteiger partial charge >= 0.3 is 0 Å². The first-order valence-electron chi connectivity index (χ1n) is 6.33. The van der Waals surface area contributed by atoms with Crippen LogP contribution < -0.4 is 14.8 Å². The SMILES string of the molecule is OC(CNCc1cc(Cl)c2c(c1)OCCCO2)C(F)F. The Bertz CT molecular complexity index is 459. The predicted octanol–water partition coefficient (Wildman–Crippen LogP) is 2.22. The molecule has 1 aliphatic heterocycles. The maximum absolute atomic E-state index is 12.1. The van der Waals surface area contributed by atoms with Gasteiger partial charge in [-0.3, -0.25) is 0 Å². The summed E-state index contributed by atoms with van der Waals surface area (Å²) in [5, 5.41) is 12.2. The maximum Gasteiger partial charge on any atom is 0.265 e. The van der Waals surface area contributed by atoms with Gasteiger partial charge in [-0.15, -0.1) is 0 Å². The van der Waals surface area contributed by atoms with Crippen LogP contribution in [0, 0.1) is 0 Å². The predicted molar refractivity (Wildman–Crippen MR) is 70.8 cm³/mol. The lowest BCUT2D eigenvalue weighted by Crippen LogP contribution is -2.31. The van der Waals surface area contributed by atoms with Gasteiger partial charge in [0, 0.05) is 19.5 Å². The van der Waals surface area contributed by atoms with Crippen molar-refractivity contribution < 1.29 is 23.4 Å². The van der Waals surface area contributed by atoms with Crippen LogP contribution in [0.25, 0.3) is 0 Å². The van der Waals surface area contributed by atoms with Crippen LogP contribution in [0.15, 0.2) is 12.1 Å². The maximum atomic E-state index is 12.1. The lowest BCUT2D eigenvalue weighted by molar-refractivity contribution is -0.00340. The molecule has 0 saturated heterocycles. The molecule has 0 radical (unpaired) electrons. The fourth-order valence-electron chi connectivity index (χ4n) is 1.84. The monoisotopic (exact) mass is 307 g/mol. The minimum Gasteiger partial charge on any atom is -0.489 e. The Balaban J connectivity index is 1.99. The number of aliphatic hydroxyl groups excluding tert-OH is 1. The molecular weight excluding hydrogens is 292 g/mol. The smallest absolute Gasteiger partial charge is 0.265 e. The number of fused-ring (bicyclic) bond motifs is 1. The van der Waals surface area contributed by atoms with Crippen molar-refractivity contribution in [2.45, 2.75) is 25.5 Å². The molecule has 20 heavy (non-hydrogen) atoms. The third-order valence-electron chi connectivity index (χ3n) is 2.84. The quantitative estimate of drug-likeness (QED) is 0.876. The van der Waals surface area contributed by atoms with E-state index in [0.717, 1.165) is 12.0 Å². The molecule has 0 aliphatic carbocycles. The first-order chi connectivity index (χ1) is 9.58. The van der Waals surface area contributed by atoms with E-state index in [1.165, 1.54) is 0 Å². The van der Waals surface area contributed by atoms with Crippen LogP contribution in [0.4, 0.5) is 8.78 Å². The van der Waals surface area contributed by atoms with E-state index in [4.69, 9.17) is 26.2 Å². The molecule has 0 spiro atoms. The largest absolute Gasteiger partial charge is 0.489 e. The topological polar surface area (TPSA) is 50.7 Å². The number of hydrogen-bond acceptors (Lipinski definition) is 4. The van der Waals surface area contributed by atoms with E-state index in [9.17, 15) is 8.78 Å². The van der Waals surface area contributed by atoms with Crippen LogP contribution in [-0.4, -0.2) is 37.4 Å². The number of ether oxygens (including phenoxy) is 2. The van der Waals surface area contributed by atoms with Crippen LogP contribution in [0.1, 0.15) is 12.0 Å². The van der Waals surface area contributed by atoms with Gasteiger partial charge in [-0.05, 0) is 17.7 Å². The van der Waals surface area contributed by atoms with Crippen LogP contribution >= 0.6 is 11.6 Å². The van der Waals surface area contributed by atoms with E-state index in [2.05, 4.69) is 5.32 Å². The Morgan fingerprint density at radius 2 is 2.05 bits per heavy atom. The summed E-state index contributed by atoms with van der Waals surface area (Å²) in [5.41, 5.74) is 0.778. The van der Waals surface area contributed by atoms with Crippen molar-refractivity contribution in [1.29, 1.82) is 0 Å². The summed E-state index contributed by atoms with van der Waals surface area (Å²) in [6.45, 7) is 1.21. The number of halogens is 3. The highest BCUT2D eigenvalue weighted by Crippen LogP contribution is 2.37. The number of nitrogens with one attached hydrogen (secondary N) is 1. The fraction of sp³-hybridized carbons (Fsp3) is 0.538. The Hall–Kier alpha value is -1.11. The summed E-state index contributed by atoms with van der Waals surface area (Å²) in [6.07, 6.45) is -3.65. The molecule has 2 N–H and O–H groups in total. The average Bonchev–Trinajstić information content (AvgIpc) is 2.64. The highest BCUT2D eigenvalue weighted by molar-refractivity contribution is 6.32. The first kappa shape index (κ1) is 15.3. The van der Waals surface area contributed by atoms with Crippen molar-refractivity contribution in [2.24, 2.45) is 0 Å². The molecule has 0 bridgehead atoms. The van der Waals surface area contributed by atoms with E-state index < -0.39 is 12.5 Å². The van der Waals surface area contributed by atoms with E-state index in [1.807, 2.05) is 0 Å². The Labute approximate surface area is 120 Å². The Morgan fingerprint density at radius 3 is 2.80 bits per heavy atom. The van der Waals surface area contributed by atoms with Gasteiger partial charge in [0.25, 0.3) is 6.43 Å². The molecule has 7 heteroatoms. The molecule has 0 saturated carbocycles. The van der Waals surface area contributed by atoms with Gasteiger partial charge < -0.3 is 19.9 Å². The summed E-state index contributed by atoms with van der Waals surface area (Å²) >= 11 is 6.11. The molecule has 1 aromatic carbocycles. The molecular formula is C13H16ClF2NO3. The molecule has 1 aliphatic rings. The molecule has 1 aromatic rings. The second-order valence-corrected chi connectivity index (χ2v) is 4.90. The molecule has 4 nitrogen and oxygen atoms in total. The number of rotatable bonds is 5. The van der Waals surface area contributed by atoms with Crippen LogP contribution in [-0.2, 0) is 6.54 Å². The molecule has 0 fully saturated rings. The van der Waals surface area contributed by atoms with Crippen molar-refractivity contribution in [3.05, 3.63) is 22.7 Å². The van der Waals surface area contributed by atoms with Crippen molar-refractivity contribution >= 4 is 11.6 Å². The molecule has 2 rings (SSSR count). The standard InChI is InChI=1S/C13H16ClF2NO3/c14-9-4-8(6-17-7-10(18)13(15)16)5-11-12(9)20-3-1-2-19-11/h4-5,10,13,17-18H,1-3,6-7H2. The van der Waals surface area contributed by atoms with Gasteiger partial charge in [0.2, 0.25) is 0 Å². The molecule has 112 valence electrons. The van der Waals surface area contributed by atoms with Gasteiger partial charge in [0.1, 0.15) is 6.10 Å². The van der Waals surface area contributed by atoms with Crippen LogP contribution in [0.5, 0.6) is 11.5 Å². The second-order valence-electron chi connectivity index (χ2n) is 4.49. The summed E-state index contributed by atoms with van der Waals surface area (Å²) < 4.78 is 35.3. The van der Waals surface area contributed by atoms with Crippen molar-refractivity contribution in [3.8, 4) is 11.5 Å². The highest BCUT2D eigenvalue weighted by Gasteiger charge is 2.17. The molecule has 1 unspecified atom stereocenters. The molecule has 1 atom stereocenters. The van der Waals surface area contributed by atoms with Crippen molar-refractivity contribution in [1.82, 2.24) is 5.32 Å². The van der Waals surface area contributed by atoms with E-state index in [1.54, 1.807) is 12.1 Å². The lowest BCUT2D eigenvalue weighted by Gasteiger charge is -2.13. The Morgan fingerprint density at radius 1 is 1.30 bits per heavy atom. The van der Waals surface area contributed by atoms with E-state index in [0.29, 0.717) is 36.3 Å². The number of aliphatic hydroxyl groups is 1. The summed E-state index contributed by atoms with van der Waals surface area (Å²) in [7, 11) is 0. The van der Waals surface area contributed by atoms with Gasteiger partial charge in [-0.1, -0.05) is 11.6 Å². The third-order valence-corrected chi connectivity index (χ3v) is 3.12. The second kappa shape index (κ2) is 7.06. The average molecular weight is 308 g/mol. The number of benzene rings is 1. The minimum absolute atomic E-state index is 0.191. The van der Waals surface area contributed by atoms with Gasteiger partial charge in [0.05, 0.1) is 18.2 Å². The molecule has 1 heterocycles. The van der Waals surface area contributed by atoms with Crippen molar-refractivity contribution in [2.75, 3.05) is 19.8 Å². The van der Waals surface area contributed by atoms with E-state index >= 15 is 0 Å². The molecule has 0 aromatic heterocycles. The third kappa shape index (κ3) is 3.94. The zero-order valence-electron chi connectivity index (χ0n) is 10.7. The summed E-state index contributed by atoms with van der Waals surface area (Å²) in [4.78, 5) is 0. The van der Waals surface area contributed by atoms with E-state index in [-0.39, 0.29) is 6.54 Å². The number of alkyl halides is 2. The van der Waals surface area contributed by atoms with Gasteiger partial charge in [0.15, 0.2) is 11.5 Å². The lowest BCUT2D eigenvalue weighted by atomic mass is 10.2. The van der Waals surface area contributed by atoms with Gasteiger partial charge in [-0.25, -0.2) is 8.78 Å². The van der Waals surface area contributed by atoms with Crippen LogP contribution in [0.3, 0.4) is 0 Å². The Kier molecular flexibility index (Phi) is 5.39. The zero-order valence-corrected chi connectivity index (χ0v) is 11.5. The fourth-order valence-corrected chi connectivity index (χ4v) is 2.13.